The Hall–Kier alpha value is -2.34. The number of anilines is 1. The molecule has 2 aromatic rings. The van der Waals surface area contributed by atoms with Gasteiger partial charge in [0.05, 0.1) is 12.7 Å². The van der Waals surface area contributed by atoms with Crippen molar-refractivity contribution in [3.05, 3.63) is 41.3 Å². The van der Waals surface area contributed by atoms with E-state index in [-0.39, 0.29) is 22.3 Å². The Morgan fingerprint density at radius 1 is 1.37 bits per heavy atom. The van der Waals surface area contributed by atoms with Gasteiger partial charge in [0.1, 0.15) is 28.8 Å². The molecule has 1 aromatic carbocycles. The number of methoxy groups -OCH3 is 1. The van der Waals surface area contributed by atoms with E-state index in [0.717, 1.165) is 0 Å². The van der Waals surface area contributed by atoms with Crippen molar-refractivity contribution in [2.45, 2.75) is 0 Å². The highest BCUT2D eigenvalue weighted by molar-refractivity contribution is 6.29. The summed E-state index contributed by atoms with van der Waals surface area (Å²) in [4.78, 5) is 19.5. The SMILES string of the molecule is COc1ccc(O)c(C(=O)Nc2cc(Cl)ncn2)c1. The van der Waals surface area contributed by atoms with Crippen molar-refractivity contribution in [1.29, 1.82) is 0 Å². The molecule has 0 aliphatic carbocycles. The van der Waals surface area contributed by atoms with Gasteiger partial charge in [-0.05, 0) is 18.2 Å². The van der Waals surface area contributed by atoms with Gasteiger partial charge in [-0.15, -0.1) is 0 Å². The number of phenols is 1. The molecule has 0 bridgehead atoms. The molecule has 0 spiro atoms. The molecule has 0 saturated carbocycles. The van der Waals surface area contributed by atoms with Gasteiger partial charge in [0, 0.05) is 6.07 Å². The first-order valence-corrected chi connectivity index (χ1v) is 5.64. The number of carbonyl (C=O) groups excluding carboxylic acids is 1. The Morgan fingerprint density at radius 3 is 2.84 bits per heavy atom. The van der Waals surface area contributed by atoms with Crippen LogP contribution in [0.5, 0.6) is 11.5 Å². The fraction of sp³-hybridized carbons (Fsp3) is 0.0833. The van der Waals surface area contributed by atoms with Gasteiger partial charge in [-0.25, -0.2) is 9.97 Å². The molecule has 98 valence electrons. The fourth-order valence-corrected chi connectivity index (χ4v) is 1.56. The molecular weight excluding hydrogens is 270 g/mol. The topological polar surface area (TPSA) is 84.3 Å². The lowest BCUT2D eigenvalue weighted by Crippen LogP contribution is -2.13. The molecule has 1 aromatic heterocycles. The first-order chi connectivity index (χ1) is 9.10. The minimum atomic E-state index is -0.522. The molecule has 0 fully saturated rings. The predicted molar refractivity (Wildman–Crippen MR) is 69.7 cm³/mol. The Labute approximate surface area is 114 Å². The number of nitrogens with zero attached hydrogens (tertiary/aromatic N) is 2. The van der Waals surface area contributed by atoms with Crippen molar-refractivity contribution in [2.24, 2.45) is 0 Å². The number of carbonyl (C=O) groups is 1. The monoisotopic (exact) mass is 279 g/mol. The molecule has 1 heterocycles. The minimum Gasteiger partial charge on any atom is -0.507 e. The van der Waals surface area contributed by atoms with E-state index in [0.29, 0.717) is 5.75 Å². The number of rotatable bonds is 3. The molecule has 6 nitrogen and oxygen atoms in total. The number of amides is 1. The Morgan fingerprint density at radius 2 is 2.16 bits per heavy atom. The summed E-state index contributed by atoms with van der Waals surface area (Å²) in [5.41, 5.74) is 0.0779. The summed E-state index contributed by atoms with van der Waals surface area (Å²) >= 11 is 5.68. The van der Waals surface area contributed by atoms with Crippen LogP contribution in [-0.4, -0.2) is 28.1 Å². The Balaban J connectivity index is 2.25. The van der Waals surface area contributed by atoms with Crippen LogP contribution in [0.2, 0.25) is 5.15 Å². The third-order valence-electron chi connectivity index (χ3n) is 2.32. The lowest BCUT2D eigenvalue weighted by molar-refractivity contribution is 0.102. The van der Waals surface area contributed by atoms with Gasteiger partial charge in [-0.3, -0.25) is 4.79 Å². The summed E-state index contributed by atoms with van der Waals surface area (Å²) < 4.78 is 4.99. The number of ether oxygens (including phenoxy) is 1. The highest BCUT2D eigenvalue weighted by Gasteiger charge is 2.13. The van der Waals surface area contributed by atoms with Crippen molar-refractivity contribution in [3.8, 4) is 11.5 Å². The second kappa shape index (κ2) is 5.53. The van der Waals surface area contributed by atoms with Gasteiger partial charge in [-0.2, -0.15) is 0 Å². The number of aromatic hydroxyl groups is 1. The quantitative estimate of drug-likeness (QED) is 0.841. The van der Waals surface area contributed by atoms with Crippen molar-refractivity contribution < 1.29 is 14.6 Å². The van der Waals surface area contributed by atoms with Gasteiger partial charge in [-0.1, -0.05) is 11.6 Å². The summed E-state index contributed by atoms with van der Waals surface area (Å²) in [5.74, 6) is 0.0282. The molecular formula is C12H10ClN3O3. The van der Waals surface area contributed by atoms with Crippen molar-refractivity contribution in [1.82, 2.24) is 9.97 Å². The second-order valence-electron chi connectivity index (χ2n) is 3.56. The average Bonchev–Trinajstić information content (AvgIpc) is 2.39. The molecule has 0 saturated heterocycles. The lowest BCUT2D eigenvalue weighted by Gasteiger charge is -2.07. The normalized spacial score (nSPS) is 10.0. The van der Waals surface area contributed by atoms with Gasteiger partial charge < -0.3 is 15.2 Å². The van der Waals surface area contributed by atoms with E-state index >= 15 is 0 Å². The number of nitrogens with one attached hydrogen (secondary N) is 1. The number of aromatic nitrogens is 2. The van der Waals surface area contributed by atoms with Crippen molar-refractivity contribution in [3.63, 3.8) is 0 Å². The standard InChI is InChI=1S/C12H10ClN3O3/c1-19-7-2-3-9(17)8(4-7)12(18)16-11-5-10(13)14-6-15-11/h2-6,17H,1H3,(H,14,15,16,18). The smallest absolute Gasteiger partial charge is 0.260 e. The fourth-order valence-electron chi connectivity index (χ4n) is 1.41. The van der Waals surface area contributed by atoms with E-state index in [2.05, 4.69) is 15.3 Å². The van der Waals surface area contributed by atoms with Gasteiger partial charge in [0.2, 0.25) is 0 Å². The van der Waals surface area contributed by atoms with E-state index < -0.39 is 5.91 Å². The van der Waals surface area contributed by atoms with Crippen molar-refractivity contribution in [2.75, 3.05) is 12.4 Å². The zero-order valence-electron chi connectivity index (χ0n) is 9.92. The van der Waals surface area contributed by atoms with Gasteiger partial charge in [0.25, 0.3) is 5.91 Å². The maximum atomic E-state index is 12.0. The first kappa shape index (κ1) is 13.1. The molecule has 1 amide bonds. The maximum Gasteiger partial charge on any atom is 0.260 e. The first-order valence-electron chi connectivity index (χ1n) is 5.26. The van der Waals surface area contributed by atoms with Gasteiger partial charge >= 0.3 is 0 Å². The van der Waals surface area contributed by atoms with E-state index in [1.54, 1.807) is 6.07 Å². The molecule has 0 aliphatic heterocycles. The zero-order chi connectivity index (χ0) is 13.8. The second-order valence-corrected chi connectivity index (χ2v) is 3.95. The maximum absolute atomic E-state index is 12.0. The van der Waals surface area contributed by atoms with Crippen LogP contribution in [0.1, 0.15) is 10.4 Å². The summed E-state index contributed by atoms with van der Waals surface area (Å²) in [6.07, 6.45) is 1.23. The number of phenolic OH excluding ortho intramolecular Hbond substituents is 1. The Kier molecular flexibility index (Phi) is 3.82. The molecule has 19 heavy (non-hydrogen) atoms. The number of hydrogen-bond donors (Lipinski definition) is 2. The average molecular weight is 280 g/mol. The Bertz CT molecular complexity index is 619. The molecule has 0 radical (unpaired) electrons. The van der Waals surface area contributed by atoms with Crippen LogP contribution in [0.15, 0.2) is 30.6 Å². The van der Waals surface area contributed by atoms with Crippen LogP contribution in [0, 0.1) is 0 Å². The van der Waals surface area contributed by atoms with E-state index in [1.807, 2.05) is 0 Å². The highest BCUT2D eigenvalue weighted by atomic mass is 35.5. The van der Waals surface area contributed by atoms with Crippen LogP contribution >= 0.6 is 11.6 Å². The molecule has 7 heteroatoms. The van der Waals surface area contributed by atoms with E-state index in [9.17, 15) is 9.90 Å². The van der Waals surface area contributed by atoms with E-state index in [1.165, 1.54) is 31.6 Å². The van der Waals surface area contributed by atoms with Gasteiger partial charge in [0.15, 0.2) is 0 Å². The predicted octanol–water partition coefficient (Wildman–Crippen LogP) is 2.10. The van der Waals surface area contributed by atoms with Crippen molar-refractivity contribution >= 4 is 23.3 Å². The van der Waals surface area contributed by atoms with Crippen LogP contribution in [0.25, 0.3) is 0 Å². The summed E-state index contributed by atoms with van der Waals surface area (Å²) in [7, 11) is 1.47. The highest BCUT2D eigenvalue weighted by Crippen LogP contribution is 2.23. The minimum absolute atomic E-state index is 0.0779. The van der Waals surface area contributed by atoms with Crippen LogP contribution in [0.4, 0.5) is 5.82 Å². The molecule has 2 N–H and O–H groups in total. The largest absolute Gasteiger partial charge is 0.507 e. The molecule has 0 atom stereocenters. The van der Waals surface area contributed by atoms with Crippen LogP contribution in [0.3, 0.4) is 0 Å². The third kappa shape index (κ3) is 3.11. The summed E-state index contributed by atoms with van der Waals surface area (Å²) in [6.45, 7) is 0. The summed E-state index contributed by atoms with van der Waals surface area (Å²) in [5, 5.41) is 12.4. The molecule has 0 aliphatic rings. The zero-order valence-corrected chi connectivity index (χ0v) is 10.7. The van der Waals surface area contributed by atoms with Crippen LogP contribution in [-0.2, 0) is 0 Å². The summed E-state index contributed by atoms with van der Waals surface area (Å²) in [6, 6.07) is 5.75. The number of benzene rings is 1. The third-order valence-corrected chi connectivity index (χ3v) is 2.53. The molecule has 2 rings (SSSR count). The van der Waals surface area contributed by atoms with E-state index in [4.69, 9.17) is 16.3 Å². The lowest BCUT2D eigenvalue weighted by atomic mass is 10.1. The number of hydrogen-bond acceptors (Lipinski definition) is 5. The van der Waals surface area contributed by atoms with Crippen LogP contribution < -0.4 is 10.1 Å². The number of halogens is 1. The molecule has 0 unspecified atom stereocenters.